The average molecular weight is 364 g/mol. The highest BCUT2D eigenvalue weighted by Gasteiger charge is 2.27. The van der Waals surface area contributed by atoms with Crippen LogP contribution in [-0.2, 0) is 0 Å². The SMILES string of the molecule is Clc1c(Br)ccc(N2CCC(CNC3CC3)C2)c1Cl. The van der Waals surface area contributed by atoms with Crippen molar-refractivity contribution in [2.45, 2.75) is 25.3 Å². The fourth-order valence-corrected chi connectivity index (χ4v) is 3.49. The monoisotopic (exact) mass is 362 g/mol. The van der Waals surface area contributed by atoms with E-state index < -0.39 is 0 Å². The van der Waals surface area contributed by atoms with Crippen LogP contribution < -0.4 is 10.2 Å². The Bertz CT molecular complexity index is 477. The molecule has 2 aliphatic rings. The second-order valence-electron chi connectivity index (χ2n) is 5.48. The van der Waals surface area contributed by atoms with Crippen molar-refractivity contribution in [3.63, 3.8) is 0 Å². The van der Waals surface area contributed by atoms with E-state index in [1.165, 1.54) is 19.3 Å². The van der Waals surface area contributed by atoms with Crippen LogP contribution in [0.2, 0.25) is 10.0 Å². The third-order valence-electron chi connectivity index (χ3n) is 3.91. The summed E-state index contributed by atoms with van der Waals surface area (Å²) >= 11 is 15.9. The molecule has 3 rings (SSSR count). The Morgan fingerprint density at radius 3 is 2.74 bits per heavy atom. The van der Waals surface area contributed by atoms with Gasteiger partial charge in [-0.3, -0.25) is 0 Å². The Labute approximate surface area is 132 Å². The molecule has 2 nitrogen and oxygen atoms in total. The van der Waals surface area contributed by atoms with E-state index in [2.05, 4.69) is 32.2 Å². The maximum Gasteiger partial charge on any atom is 0.0837 e. The number of hydrogen-bond acceptors (Lipinski definition) is 2. The van der Waals surface area contributed by atoms with Gasteiger partial charge in [0.2, 0.25) is 0 Å². The minimum atomic E-state index is 0.610. The van der Waals surface area contributed by atoms with E-state index in [0.717, 1.165) is 41.8 Å². The van der Waals surface area contributed by atoms with Crippen molar-refractivity contribution in [3.8, 4) is 0 Å². The smallest absolute Gasteiger partial charge is 0.0837 e. The summed E-state index contributed by atoms with van der Waals surface area (Å²) < 4.78 is 0.856. The number of nitrogens with zero attached hydrogens (tertiary/aromatic N) is 1. The fourth-order valence-electron chi connectivity index (χ4n) is 2.60. The summed E-state index contributed by atoms with van der Waals surface area (Å²) in [7, 11) is 0. The molecule has 0 spiro atoms. The zero-order valence-electron chi connectivity index (χ0n) is 10.6. The van der Waals surface area contributed by atoms with Crippen LogP contribution >= 0.6 is 39.1 Å². The van der Waals surface area contributed by atoms with Gasteiger partial charge >= 0.3 is 0 Å². The Kier molecular flexibility index (Phi) is 4.28. The lowest BCUT2D eigenvalue weighted by molar-refractivity contribution is 0.515. The van der Waals surface area contributed by atoms with Crippen LogP contribution in [0.5, 0.6) is 0 Å². The zero-order valence-corrected chi connectivity index (χ0v) is 13.7. The molecular formula is C14H17BrCl2N2. The van der Waals surface area contributed by atoms with Crippen LogP contribution in [0.25, 0.3) is 0 Å². The highest BCUT2D eigenvalue weighted by molar-refractivity contribution is 9.10. The van der Waals surface area contributed by atoms with Gasteiger partial charge in [-0.25, -0.2) is 0 Å². The number of hydrogen-bond donors (Lipinski definition) is 1. The van der Waals surface area contributed by atoms with E-state index in [0.29, 0.717) is 10.0 Å². The number of rotatable bonds is 4. The lowest BCUT2D eigenvalue weighted by atomic mass is 10.1. The Morgan fingerprint density at radius 2 is 2.00 bits per heavy atom. The number of halogens is 3. The molecule has 1 saturated heterocycles. The van der Waals surface area contributed by atoms with Crippen molar-refractivity contribution in [1.82, 2.24) is 5.32 Å². The molecule has 1 heterocycles. The molecule has 1 aromatic rings. The summed E-state index contributed by atoms with van der Waals surface area (Å²) in [6, 6.07) is 4.81. The molecule has 2 fully saturated rings. The number of benzene rings is 1. The molecule has 1 saturated carbocycles. The summed E-state index contributed by atoms with van der Waals surface area (Å²) in [5, 5.41) is 4.88. The standard InChI is InChI=1S/C14H17BrCl2N2/c15-11-3-4-12(14(17)13(11)16)19-6-5-9(8-19)7-18-10-1-2-10/h3-4,9-10,18H,1-2,5-8H2. The van der Waals surface area contributed by atoms with Gasteiger partial charge in [-0.15, -0.1) is 0 Å². The molecular weight excluding hydrogens is 347 g/mol. The van der Waals surface area contributed by atoms with Crippen molar-refractivity contribution in [2.24, 2.45) is 5.92 Å². The van der Waals surface area contributed by atoms with Crippen LogP contribution in [0.15, 0.2) is 16.6 Å². The Morgan fingerprint density at radius 1 is 1.21 bits per heavy atom. The topological polar surface area (TPSA) is 15.3 Å². The molecule has 1 aromatic carbocycles. The van der Waals surface area contributed by atoms with Gasteiger partial charge in [0.05, 0.1) is 15.7 Å². The van der Waals surface area contributed by atoms with E-state index in [-0.39, 0.29) is 0 Å². The van der Waals surface area contributed by atoms with Gasteiger partial charge in [0.25, 0.3) is 0 Å². The quantitative estimate of drug-likeness (QED) is 0.800. The third kappa shape index (κ3) is 3.21. The number of anilines is 1. The van der Waals surface area contributed by atoms with Gasteiger partial charge < -0.3 is 10.2 Å². The van der Waals surface area contributed by atoms with Crippen molar-refractivity contribution in [2.75, 3.05) is 24.5 Å². The first-order valence-corrected chi connectivity index (χ1v) is 8.32. The van der Waals surface area contributed by atoms with Crippen LogP contribution in [0, 0.1) is 5.92 Å². The predicted molar refractivity (Wildman–Crippen MR) is 85.5 cm³/mol. The summed E-state index contributed by atoms with van der Waals surface area (Å²) in [6.45, 7) is 3.26. The maximum absolute atomic E-state index is 6.34. The number of nitrogens with one attached hydrogen (secondary N) is 1. The lowest BCUT2D eigenvalue weighted by Gasteiger charge is -2.21. The van der Waals surface area contributed by atoms with Gasteiger partial charge in [0.15, 0.2) is 0 Å². The van der Waals surface area contributed by atoms with Crippen LogP contribution in [0.1, 0.15) is 19.3 Å². The predicted octanol–water partition coefficient (Wildman–Crippen LogP) is 4.33. The van der Waals surface area contributed by atoms with Crippen molar-refractivity contribution < 1.29 is 0 Å². The molecule has 1 atom stereocenters. The molecule has 5 heteroatoms. The molecule has 0 radical (unpaired) electrons. The van der Waals surface area contributed by atoms with E-state index in [4.69, 9.17) is 23.2 Å². The van der Waals surface area contributed by atoms with Gasteiger partial charge in [0.1, 0.15) is 0 Å². The first-order valence-electron chi connectivity index (χ1n) is 6.77. The molecule has 0 aromatic heterocycles. The molecule has 1 N–H and O–H groups in total. The normalized spacial score (nSPS) is 23.1. The first kappa shape index (κ1) is 14.0. The zero-order chi connectivity index (χ0) is 13.4. The summed E-state index contributed by atoms with van der Waals surface area (Å²) in [5.41, 5.74) is 1.06. The maximum atomic E-state index is 6.34. The fraction of sp³-hybridized carbons (Fsp3) is 0.571. The molecule has 0 amide bonds. The average Bonchev–Trinajstić information content (AvgIpc) is 3.12. The van der Waals surface area contributed by atoms with Gasteiger partial charge in [-0.1, -0.05) is 23.2 Å². The lowest BCUT2D eigenvalue weighted by Crippen LogP contribution is -2.27. The third-order valence-corrected chi connectivity index (χ3v) is 5.67. The van der Waals surface area contributed by atoms with E-state index in [1.54, 1.807) is 0 Å². The van der Waals surface area contributed by atoms with Gasteiger partial charge in [-0.2, -0.15) is 0 Å². The summed E-state index contributed by atoms with van der Waals surface area (Å²) in [4.78, 5) is 2.35. The Hall–Kier alpha value is 0.0400. The molecule has 19 heavy (non-hydrogen) atoms. The van der Waals surface area contributed by atoms with Gasteiger partial charge in [-0.05, 0) is 59.8 Å². The minimum absolute atomic E-state index is 0.610. The molecule has 104 valence electrons. The van der Waals surface area contributed by atoms with Crippen LogP contribution in [-0.4, -0.2) is 25.7 Å². The molecule has 1 unspecified atom stereocenters. The van der Waals surface area contributed by atoms with E-state index >= 15 is 0 Å². The minimum Gasteiger partial charge on any atom is -0.370 e. The van der Waals surface area contributed by atoms with Crippen molar-refractivity contribution in [1.29, 1.82) is 0 Å². The van der Waals surface area contributed by atoms with Crippen molar-refractivity contribution >= 4 is 44.8 Å². The second kappa shape index (κ2) is 5.80. The summed E-state index contributed by atoms with van der Waals surface area (Å²) in [5.74, 6) is 0.721. The first-order chi connectivity index (χ1) is 9.15. The highest BCUT2D eigenvalue weighted by atomic mass is 79.9. The van der Waals surface area contributed by atoms with Crippen LogP contribution in [0.3, 0.4) is 0 Å². The summed E-state index contributed by atoms with van der Waals surface area (Å²) in [6.07, 6.45) is 3.93. The molecule has 1 aliphatic carbocycles. The van der Waals surface area contributed by atoms with Crippen molar-refractivity contribution in [3.05, 3.63) is 26.7 Å². The largest absolute Gasteiger partial charge is 0.370 e. The second-order valence-corrected chi connectivity index (χ2v) is 7.09. The van der Waals surface area contributed by atoms with Crippen LogP contribution in [0.4, 0.5) is 5.69 Å². The van der Waals surface area contributed by atoms with Gasteiger partial charge in [0, 0.05) is 23.6 Å². The van der Waals surface area contributed by atoms with E-state index in [1.807, 2.05) is 6.07 Å². The molecule has 1 aliphatic heterocycles. The van der Waals surface area contributed by atoms with E-state index in [9.17, 15) is 0 Å². The highest BCUT2D eigenvalue weighted by Crippen LogP contribution is 2.39. The molecule has 0 bridgehead atoms. The Balaban J connectivity index is 1.65.